The molecule has 0 radical (unpaired) electrons. The number of likely N-dealkylation sites (N-methyl/N-ethyl adjacent to an activating group) is 1. The van der Waals surface area contributed by atoms with E-state index in [-0.39, 0.29) is 6.04 Å². The molecule has 0 fully saturated rings. The van der Waals surface area contributed by atoms with Crippen LogP contribution in [0.25, 0.3) is 0 Å². The molecule has 3 heteroatoms. The Morgan fingerprint density at radius 2 is 2.43 bits per heavy atom. The van der Waals surface area contributed by atoms with Crippen molar-refractivity contribution in [2.24, 2.45) is 5.11 Å². The van der Waals surface area contributed by atoms with Crippen molar-refractivity contribution in [1.29, 1.82) is 5.53 Å². The Balaban J connectivity index is 2.98. The maximum Gasteiger partial charge on any atom is 0.0801 e. The van der Waals surface area contributed by atoms with Crippen LogP contribution in [0.5, 0.6) is 0 Å². The fraction of sp³-hybridized carbons (Fsp3) is 1.00. The first kappa shape index (κ1) is 6.56. The minimum absolute atomic E-state index is 0.130. The van der Waals surface area contributed by atoms with Gasteiger partial charge in [-0.3, -0.25) is 0 Å². The molecule has 0 heterocycles. The van der Waals surface area contributed by atoms with Crippen LogP contribution in [0.4, 0.5) is 0 Å². The molecule has 7 heavy (non-hydrogen) atoms. The van der Waals surface area contributed by atoms with E-state index in [0.29, 0.717) is 0 Å². The van der Waals surface area contributed by atoms with E-state index in [1.165, 1.54) is 0 Å². The SMILES string of the molecule is CNCC(C)N=N. The number of hydrogen-bond donors (Lipinski definition) is 2. The lowest BCUT2D eigenvalue weighted by Crippen LogP contribution is -2.18. The summed E-state index contributed by atoms with van der Waals surface area (Å²) in [6, 6.07) is 0.130. The highest BCUT2D eigenvalue weighted by atomic mass is 15.0. The molecule has 0 aromatic heterocycles. The quantitative estimate of drug-likeness (QED) is 0.503. The van der Waals surface area contributed by atoms with Gasteiger partial charge in [0.1, 0.15) is 0 Å². The standard InChI is InChI=1S/C4H11N3/c1-4(7-5)3-6-2/h4-6H,3H2,1-2H3. The summed E-state index contributed by atoms with van der Waals surface area (Å²) in [5.41, 5.74) is 6.50. The van der Waals surface area contributed by atoms with E-state index in [0.717, 1.165) is 6.54 Å². The number of rotatable bonds is 3. The van der Waals surface area contributed by atoms with E-state index in [9.17, 15) is 0 Å². The van der Waals surface area contributed by atoms with E-state index in [4.69, 9.17) is 5.53 Å². The summed E-state index contributed by atoms with van der Waals surface area (Å²) in [5.74, 6) is 0. The monoisotopic (exact) mass is 101 g/mol. The lowest BCUT2D eigenvalue weighted by Gasteiger charge is -1.98. The zero-order chi connectivity index (χ0) is 5.70. The van der Waals surface area contributed by atoms with Crippen LogP contribution in [-0.2, 0) is 0 Å². The lowest BCUT2D eigenvalue weighted by atomic mass is 10.4. The molecule has 2 N–H and O–H groups in total. The highest BCUT2D eigenvalue weighted by molar-refractivity contribution is 4.55. The van der Waals surface area contributed by atoms with Gasteiger partial charge in [0.25, 0.3) is 0 Å². The molecule has 1 unspecified atom stereocenters. The van der Waals surface area contributed by atoms with Gasteiger partial charge in [0.15, 0.2) is 0 Å². The first-order chi connectivity index (χ1) is 3.31. The number of nitrogens with zero attached hydrogens (tertiary/aromatic N) is 1. The number of nitrogens with one attached hydrogen (secondary N) is 2. The van der Waals surface area contributed by atoms with Crippen LogP contribution in [-0.4, -0.2) is 19.6 Å². The molecule has 0 aromatic rings. The van der Waals surface area contributed by atoms with Crippen molar-refractivity contribution >= 4 is 0 Å². The highest BCUT2D eigenvalue weighted by Gasteiger charge is 1.91. The molecular weight excluding hydrogens is 90.1 g/mol. The fourth-order valence-electron chi connectivity index (χ4n) is 0.341. The van der Waals surface area contributed by atoms with Gasteiger partial charge in [0.05, 0.1) is 6.04 Å². The van der Waals surface area contributed by atoms with Gasteiger partial charge in [-0.1, -0.05) is 0 Å². The molecule has 0 aliphatic heterocycles. The smallest absolute Gasteiger partial charge is 0.0801 e. The van der Waals surface area contributed by atoms with Crippen LogP contribution in [0.3, 0.4) is 0 Å². The molecule has 0 aromatic carbocycles. The Morgan fingerprint density at radius 1 is 1.86 bits per heavy atom. The Morgan fingerprint density at radius 3 is 2.57 bits per heavy atom. The summed E-state index contributed by atoms with van der Waals surface area (Å²) in [6.07, 6.45) is 0. The number of hydrogen-bond acceptors (Lipinski definition) is 3. The van der Waals surface area contributed by atoms with Gasteiger partial charge in [-0.2, -0.15) is 5.11 Å². The van der Waals surface area contributed by atoms with Gasteiger partial charge in [-0.15, -0.1) is 0 Å². The molecule has 0 rings (SSSR count). The fourth-order valence-corrected chi connectivity index (χ4v) is 0.341. The molecule has 0 aliphatic rings. The van der Waals surface area contributed by atoms with Gasteiger partial charge in [0, 0.05) is 6.54 Å². The molecule has 0 aliphatic carbocycles. The van der Waals surface area contributed by atoms with Crippen LogP contribution in [0.15, 0.2) is 5.11 Å². The predicted molar refractivity (Wildman–Crippen MR) is 28.5 cm³/mol. The van der Waals surface area contributed by atoms with Crippen molar-refractivity contribution in [3.63, 3.8) is 0 Å². The molecule has 0 spiro atoms. The highest BCUT2D eigenvalue weighted by Crippen LogP contribution is 1.81. The summed E-state index contributed by atoms with van der Waals surface area (Å²) in [4.78, 5) is 0. The van der Waals surface area contributed by atoms with Crippen LogP contribution < -0.4 is 5.32 Å². The van der Waals surface area contributed by atoms with E-state index < -0.39 is 0 Å². The predicted octanol–water partition coefficient (Wildman–Crippen LogP) is 0.625. The lowest BCUT2D eigenvalue weighted by molar-refractivity contribution is 0.628. The Kier molecular flexibility index (Phi) is 3.50. The van der Waals surface area contributed by atoms with E-state index in [1.807, 2.05) is 14.0 Å². The largest absolute Gasteiger partial charge is 0.318 e. The summed E-state index contributed by atoms with van der Waals surface area (Å²) >= 11 is 0. The maximum atomic E-state index is 6.50. The second kappa shape index (κ2) is 3.74. The van der Waals surface area contributed by atoms with Crippen LogP contribution >= 0.6 is 0 Å². The van der Waals surface area contributed by atoms with Crippen LogP contribution in [0, 0.1) is 5.53 Å². The zero-order valence-corrected chi connectivity index (χ0v) is 4.73. The average Bonchev–Trinajstić information content (AvgIpc) is 1.68. The van der Waals surface area contributed by atoms with Crippen molar-refractivity contribution in [1.82, 2.24) is 5.32 Å². The minimum Gasteiger partial charge on any atom is -0.318 e. The van der Waals surface area contributed by atoms with Crippen molar-refractivity contribution in [2.75, 3.05) is 13.6 Å². The third-order valence-corrected chi connectivity index (χ3v) is 0.720. The molecular formula is C4H11N3. The third-order valence-electron chi connectivity index (χ3n) is 0.720. The van der Waals surface area contributed by atoms with Gasteiger partial charge < -0.3 is 5.32 Å². The third kappa shape index (κ3) is 3.39. The molecule has 3 nitrogen and oxygen atoms in total. The summed E-state index contributed by atoms with van der Waals surface area (Å²) < 4.78 is 0. The Bertz CT molecular complexity index is 52.9. The topological polar surface area (TPSA) is 48.2 Å². The molecule has 1 atom stereocenters. The summed E-state index contributed by atoms with van der Waals surface area (Å²) in [5, 5.41) is 6.17. The Labute approximate surface area is 43.6 Å². The van der Waals surface area contributed by atoms with Gasteiger partial charge in [-0.25, -0.2) is 5.53 Å². The van der Waals surface area contributed by atoms with E-state index >= 15 is 0 Å². The van der Waals surface area contributed by atoms with Gasteiger partial charge >= 0.3 is 0 Å². The molecule has 0 saturated heterocycles. The van der Waals surface area contributed by atoms with Crippen molar-refractivity contribution in [3.05, 3.63) is 0 Å². The first-order valence-corrected chi connectivity index (χ1v) is 2.32. The molecule has 0 bridgehead atoms. The zero-order valence-electron chi connectivity index (χ0n) is 4.73. The summed E-state index contributed by atoms with van der Waals surface area (Å²) in [7, 11) is 1.85. The first-order valence-electron chi connectivity index (χ1n) is 2.32. The average molecular weight is 101 g/mol. The van der Waals surface area contributed by atoms with E-state index in [1.54, 1.807) is 0 Å². The molecule has 42 valence electrons. The van der Waals surface area contributed by atoms with Crippen molar-refractivity contribution < 1.29 is 0 Å². The second-order valence-corrected chi connectivity index (χ2v) is 1.54. The maximum absolute atomic E-state index is 6.50. The summed E-state index contributed by atoms with van der Waals surface area (Å²) in [6.45, 7) is 2.69. The van der Waals surface area contributed by atoms with Crippen molar-refractivity contribution in [3.8, 4) is 0 Å². The van der Waals surface area contributed by atoms with E-state index in [2.05, 4.69) is 10.4 Å². The normalized spacial score (nSPS) is 13.4. The Hall–Kier alpha value is -0.440. The van der Waals surface area contributed by atoms with Gasteiger partial charge in [0.2, 0.25) is 0 Å². The minimum atomic E-state index is 0.130. The van der Waals surface area contributed by atoms with Gasteiger partial charge in [-0.05, 0) is 14.0 Å². The van der Waals surface area contributed by atoms with Crippen molar-refractivity contribution in [2.45, 2.75) is 13.0 Å². The van der Waals surface area contributed by atoms with Crippen LogP contribution in [0.2, 0.25) is 0 Å². The molecule has 0 saturated carbocycles. The second-order valence-electron chi connectivity index (χ2n) is 1.54. The van der Waals surface area contributed by atoms with Crippen LogP contribution in [0.1, 0.15) is 6.92 Å². The molecule has 0 amide bonds.